The molecule has 0 aromatic heterocycles. The molecule has 0 unspecified atom stereocenters. The van der Waals surface area contributed by atoms with Crippen molar-refractivity contribution in [2.24, 2.45) is 11.1 Å². The summed E-state index contributed by atoms with van der Waals surface area (Å²) in [6, 6.07) is 7.71. The first-order valence-corrected chi connectivity index (χ1v) is 7.47. The molecule has 1 aromatic rings. The smallest absolute Gasteiger partial charge is 0.321 e. The van der Waals surface area contributed by atoms with E-state index in [9.17, 15) is 4.79 Å². The van der Waals surface area contributed by atoms with E-state index < -0.39 is 0 Å². The van der Waals surface area contributed by atoms with Crippen molar-refractivity contribution in [1.29, 1.82) is 0 Å². The number of nitrogens with zero attached hydrogens (tertiary/aromatic N) is 1. The van der Waals surface area contributed by atoms with Crippen LogP contribution in [0.5, 0.6) is 0 Å². The normalized spacial score (nSPS) is 17.2. The second-order valence-corrected chi connectivity index (χ2v) is 5.71. The van der Waals surface area contributed by atoms with Crippen LogP contribution >= 0.6 is 0 Å². The van der Waals surface area contributed by atoms with Crippen LogP contribution in [-0.4, -0.2) is 24.0 Å². The van der Waals surface area contributed by atoms with Crippen molar-refractivity contribution in [2.75, 3.05) is 18.4 Å². The third-order valence-electron chi connectivity index (χ3n) is 4.67. The largest absolute Gasteiger partial charge is 0.326 e. The lowest BCUT2D eigenvalue weighted by atomic mass is 9.82. The highest BCUT2D eigenvalue weighted by Gasteiger charge is 2.36. The first kappa shape index (κ1) is 14.9. The zero-order valence-corrected chi connectivity index (χ0v) is 12.5. The molecule has 2 amide bonds. The quantitative estimate of drug-likeness (QED) is 0.886. The average molecular weight is 275 g/mol. The van der Waals surface area contributed by atoms with Crippen LogP contribution in [0.1, 0.15) is 38.7 Å². The number of nitrogens with two attached hydrogens (primary N) is 1. The van der Waals surface area contributed by atoms with Gasteiger partial charge in [0.15, 0.2) is 0 Å². The SMILES string of the molecule is CCC1(CC)CCN(C(=O)Nc2ccc(CN)cc2)C1. The summed E-state index contributed by atoms with van der Waals surface area (Å²) >= 11 is 0. The number of benzene rings is 1. The number of likely N-dealkylation sites (tertiary alicyclic amines) is 1. The lowest BCUT2D eigenvalue weighted by molar-refractivity contribution is 0.209. The Balaban J connectivity index is 1.95. The van der Waals surface area contributed by atoms with Gasteiger partial charge in [-0.25, -0.2) is 4.79 Å². The number of rotatable bonds is 4. The van der Waals surface area contributed by atoms with Crippen LogP contribution in [0.2, 0.25) is 0 Å². The van der Waals surface area contributed by atoms with Gasteiger partial charge in [-0.3, -0.25) is 0 Å². The van der Waals surface area contributed by atoms with E-state index in [-0.39, 0.29) is 6.03 Å². The van der Waals surface area contributed by atoms with Gasteiger partial charge in [-0.2, -0.15) is 0 Å². The Hall–Kier alpha value is -1.55. The van der Waals surface area contributed by atoms with Crippen LogP contribution in [0.25, 0.3) is 0 Å². The predicted octanol–water partition coefficient (Wildman–Crippen LogP) is 3.19. The van der Waals surface area contributed by atoms with E-state index in [4.69, 9.17) is 5.73 Å². The van der Waals surface area contributed by atoms with Gasteiger partial charge in [0.1, 0.15) is 0 Å². The number of hydrogen-bond donors (Lipinski definition) is 2. The van der Waals surface area contributed by atoms with Crippen molar-refractivity contribution in [3.8, 4) is 0 Å². The van der Waals surface area contributed by atoms with Gasteiger partial charge in [0.2, 0.25) is 0 Å². The second-order valence-electron chi connectivity index (χ2n) is 5.71. The van der Waals surface area contributed by atoms with Crippen LogP contribution < -0.4 is 11.1 Å². The molecule has 0 spiro atoms. The van der Waals surface area contributed by atoms with Crippen molar-refractivity contribution in [3.05, 3.63) is 29.8 Å². The highest BCUT2D eigenvalue weighted by atomic mass is 16.2. The Morgan fingerprint density at radius 1 is 1.30 bits per heavy atom. The molecule has 0 bridgehead atoms. The van der Waals surface area contributed by atoms with Gasteiger partial charge in [0.25, 0.3) is 0 Å². The fourth-order valence-electron chi connectivity index (χ4n) is 2.86. The van der Waals surface area contributed by atoms with Gasteiger partial charge in [-0.15, -0.1) is 0 Å². The highest BCUT2D eigenvalue weighted by Crippen LogP contribution is 2.37. The van der Waals surface area contributed by atoms with E-state index in [0.717, 1.165) is 43.6 Å². The fraction of sp³-hybridized carbons (Fsp3) is 0.562. The monoisotopic (exact) mass is 275 g/mol. The molecule has 0 radical (unpaired) electrons. The molecule has 4 nitrogen and oxygen atoms in total. The molecule has 1 saturated heterocycles. The van der Waals surface area contributed by atoms with Gasteiger partial charge in [0, 0.05) is 25.3 Å². The van der Waals surface area contributed by atoms with E-state index in [1.54, 1.807) is 0 Å². The molecule has 1 aromatic carbocycles. The zero-order chi connectivity index (χ0) is 14.6. The first-order chi connectivity index (χ1) is 9.62. The van der Waals surface area contributed by atoms with E-state index in [2.05, 4.69) is 19.2 Å². The molecule has 1 fully saturated rings. The van der Waals surface area contributed by atoms with Gasteiger partial charge in [-0.05, 0) is 42.4 Å². The van der Waals surface area contributed by atoms with Crippen LogP contribution in [-0.2, 0) is 6.54 Å². The Labute approximate surface area is 121 Å². The average Bonchev–Trinajstić information content (AvgIpc) is 2.93. The lowest BCUT2D eigenvalue weighted by Gasteiger charge is -2.26. The molecular formula is C16H25N3O. The molecule has 3 N–H and O–H groups in total. The summed E-state index contributed by atoms with van der Waals surface area (Å²) in [5.74, 6) is 0. The maximum absolute atomic E-state index is 12.3. The molecule has 4 heteroatoms. The summed E-state index contributed by atoms with van der Waals surface area (Å²) in [7, 11) is 0. The lowest BCUT2D eigenvalue weighted by Crippen LogP contribution is -2.35. The minimum Gasteiger partial charge on any atom is -0.326 e. The minimum absolute atomic E-state index is 0.00859. The first-order valence-electron chi connectivity index (χ1n) is 7.47. The molecule has 0 saturated carbocycles. The van der Waals surface area contributed by atoms with Gasteiger partial charge in [0.05, 0.1) is 0 Å². The summed E-state index contributed by atoms with van der Waals surface area (Å²) in [5, 5.41) is 2.97. The number of anilines is 1. The van der Waals surface area contributed by atoms with E-state index >= 15 is 0 Å². The summed E-state index contributed by atoms with van der Waals surface area (Å²) < 4.78 is 0. The van der Waals surface area contributed by atoms with Crippen molar-refractivity contribution < 1.29 is 4.79 Å². The molecule has 0 atom stereocenters. The Bertz CT molecular complexity index is 451. The van der Waals surface area contributed by atoms with Gasteiger partial charge in [-0.1, -0.05) is 26.0 Å². The second kappa shape index (κ2) is 6.27. The number of carbonyl (C=O) groups is 1. The maximum Gasteiger partial charge on any atom is 0.321 e. The third-order valence-corrected chi connectivity index (χ3v) is 4.67. The molecule has 1 aliphatic heterocycles. The predicted molar refractivity (Wildman–Crippen MR) is 82.6 cm³/mol. The number of carbonyl (C=O) groups excluding carboxylic acids is 1. The van der Waals surface area contributed by atoms with Gasteiger partial charge >= 0.3 is 6.03 Å². The molecule has 2 rings (SSSR count). The third kappa shape index (κ3) is 3.12. The van der Waals surface area contributed by atoms with Crippen LogP contribution in [0, 0.1) is 5.41 Å². The minimum atomic E-state index is 0.00859. The van der Waals surface area contributed by atoms with E-state index in [1.165, 1.54) is 0 Å². The molecule has 20 heavy (non-hydrogen) atoms. The molecule has 1 aliphatic rings. The standard InChI is InChI=1S/C16H25N3O/c1-3-16(4-2)9-10-19(12-16)15(20)18-14-7-5-13(11-17)6-8-14/h5-8H,3-4,9-12,17H2,1-2H3,(H,18,20). The molecule has 0 aliphatic carbocycles. The molecular weight excluding hydrogens is 250 g/mol. The van der Waals surface area contributed by atoms with Crippen molar-refractivity contribution >= 4 is 11.7 Å². The van der Waals surface area contributed by atoms with Crippen molar-refractivity contribution in [3.63, 3.8) is 0 Å². The summed E-state index contributed by atoms with van der Waals surface area (Å²) in [6.45, 7) is 6.68. The molecule has 1 heterocycles. The Kier molecular flexibility index (Phi) is 4.65. The number of amides is 2. The van der Waals surface area contributed by atoms with Crippen LogP contribution in [0.4, 0.5) is 10.5 Å². The number of nitrogens with one attached hydrogen (secondary N) is 1. The van der Waals surface area contributed by atoms with Crippen molar-refractivity contribution in [1.82, 2.24) is 4.90 Å². The van der Waals surface area contributed by atoms with E-state index in [1.807, 2.05) is 29.2 Å². The van der Waals surface area contributed by atoms with E-state index in [0.29, 0.717) is 12.0 Å². The van der Waals surface area contributed by atoms with Gasteiger partial charge < -0.3 is 16.0 Å². The molecule has 110 valence electrons. The topological polar surface area (TPSA) is 58.4 Å². The zero-order valence-electron chi connectivity index (χ0n) is 12.5. The van der Waals surface area contributed by atoms with Crippen LogP contribution in [0.15, 0.2) is 24.3 Å². The fourth-order valence-corrected chi connectivity index (χ4v) is 2.86. The summed E-state index contributed by atoms with van der Waals surface area (Å²) in [5.41, 5.74) is 7.79. The maximum atomic E-state index is 12.3. The number of urea groups is 1. The Morgan fingerprint density at radius 3 is 2.45 bits per heavy atom. The summed E-state index contributed by atoms with van der Waals surface area (Å²) in [6.07, 6.45) is 3.39. The van der Waals surface area contributed by atoms with Crippen LogP contribution in [0.3, 0.4) is 0 Å². The Morgan fingerprint density at radius 2 is 1.95 bits per heavy atom. The van der Waals surface area contributed by atoms with Crippen molar-refractivity contribution in [2.45, 2.75) is 39.7 Å². The summed E-state index contributed by atoms with van der Waals surface area (Å²) in [4.78, 5) is 14.2. The number of hydrogen-bond acceptors (Lipinski definition) is 2. The highest BCUT2D eigenvalue weighted by molar-refractivity contribution is 5.89.